The Morgan fingerprint density at radius 2 is 1.78 bits per heavy atom. The molecule has 0 saturated carbocycles. The van der Waals surface area contributed by atoms with Crippen molar-refractivity contribution in [2.75, 3.05) is 7.11 Å². The van der Waals surface area contributed by atoms with Gasteiger partial charge in [0, 0.05) is 6.08 Å². The fourth-order valence-electron chi connectivity index (χ4n) is 1.79. The molecule has 1 aromatic carbocycles. The van der Waals surface area contributed by atoms with E-state index >= 15 is 0 Å². The number of nitrogens with one attached hydrogen (secondary N) is 2. The molecule has 0 aliphatic carbocycles. The number of hydrogen-bond donors (Lipinski definition) is 2. The van der Waals surface area contributed by atoms with Crippen molar-refractivity contribution in [2.45, 2.75) is 32.4 Å². The van der Waals surface area contributed by atoms with Gasteiger partial charge in [0.25, 0.3) is 0 Å². The minimum absolute atomic E-state index is 0.396. The SMILES string of the molecule is COC(=O)C(C)(C)NC(=O)[C@@H](C)NC(=O)/C=C/c1ccccc1. The van der Waals surface area contributed by atoms with E-state index in [1.54, 1.807) is 6.08 Å². The Hall–Kier alpha value is -2.63. The zero-order chi connectivity index (χ0) is 17.5. The standard InChI is InChI=1S/C17H22N2O4/c1-12(15(21)19-17(2,3)16(22)23-4)18-14(20)11-10-13-8-6-5-7-9-13/h5-12H,1-4H3,(H,18,20)(H,19,21)/b11-10+/t12-/m1/s1. The highest BCUT2D eigenvalue weighted by Crippen LogP contribution is 2.05. The largest absolute Gasteiger partial charge is 0.467 e. The Balaban J connectivity index is 2.56. The van der Waals surface area contributed by atoms with Crippen LogP contribution in [0.2, 0.25) is 0 Å². The predicted molar refractivity (Wildman–Crippen MR) is 87.3 cm³/mol. The van der Waals surface area contributed by atoms with Crippen LogP contribution in [0.25, 0.3) is 6.08 Å². The van der Waals surface area contributed by atoms with Gasteiger partial charge < -0.3 is 15.4 Å². The molecule has 1 rings (SSSR count). The zero-order valence-electron chi connectivity index (χ0n) is 13.8. The predicted octanol–water partition coefficient (Wildman–Crippen LogP) is 1.27. The van der Waals surface area contributed by atoms with Gasteiger partial charge in [-0.15, -0.1) is 0 Å². The first kappa shape index (κ1) is 18.4. The Morgan fingerprint density at radius 1 is 1.17 bits per heavy atom. The molecule has 0 spiro atoms. The van der Waals surface area contributed by atoms with Gasteiger partial charge in [0.2, 0.25) is 11.8 Å². The molecule has 0 radical (unpaired) electrons. The molecule has 2 amide bonds. The Labute approximate surface area is 135 Å². The summed E-state index contributed by atoms with van der Waals surface area (Å²) in [6.45, 7) is 4.60. The summed E-state index contributed by atoms with van der Waals surface area (Å²) in [5, 5.41) is 5.07. The van der Waals surface area contributed by atoms with Gasteiger partial charge in [-0.05, 0) is 32.4 Å². The molecule has 0 aromatic heterocycles. The lowest BCUT2D eigenvalue weighted by molar-refractivity contribution is -0.149. The van der Waals surface area contributed by atoms with Gasteiger partial charge in [-0.3, -0.25) is 9.59 Å². The van der Waals surface area contributed by atoms with E-state index in [4.69, 9.17) is 0 Å². The maximum atomic E-state index is 12.0. The van der Waals surface area contributed by atoms with Gasteiger partial charge in [0.05, 0.1) is 7.11 Å². The molecule has 0 aliphatic rings. The van der Waals surface area contributed by atoms with Crippen LogP contribution in [0, 0.1) is 0 Å². The number of esters is 1. The molecular weight excluding hydrogens is 296 g/mol. The van der Waals surface area contributed by atoms with Crippen LogP contribution in [0.4, 0.5) is 0 Å². The zero-order valence-corrected chi connectivity index (χ0v) is 13.8. The van der Waals surface area contributed by atoms with E-state index in [1.807, 2.05) is 30.3 Å². The maximum absolute atomic E-state index is 12.0. The summed E-state index contributed by atoms with van der Waals surface area (Å²) in [6, 6.07) is 8.54. The Morgan fingerprint density at radius 3 is 2.35 bits per heavy atom. The summed E-state index contributed by atoms with van der Waals surface area (Å²) in [5.74, 6) is -1.43. The van der Waals surface area contributed by atoms with E-state index in [0.717, 1.165) is 5.56 Å². The Bertz CT molecular complexity index is 594. The lowest BCUT2D eigenvalue weighted by atomic mass is 10.1. The van der Waals surface area contributed by atoms with Crippen LogP contribution in [0.1, 0.15) is 26.3 Å². The third-order valence-corrected chi connectivity index (χ3v) is 3.11. The maximum Gasteiger partial charge on any atom is 0.330 e. The number of carbonyl (C=O) groups is 3. The van der Waals surface area contributed by atoms with Gasteiger partial charge in [-0.25, -0.2) is 4.79 Å². The molecule has 0 heterocycles. The summed E-state index contributed by atoms with van der Waals surface area (Å²) in [6.07, 6.45) is 3.00. The third kappa shape index (κ3) is 5.94. The van der Waals surface area contributed by atoms with Crippen molar-refractivity contribution in [3.63, 3.8) is 0 Å². The van der Waals surface area contributed by atoms with Crippen molar-refractivity contribution in [1.82, 2.24) is 10.6 Å². The summed E-state index contributed by atoms with van der Waals surface area (Å²) in [4.78, 5) is 35.4. The number of hydrogen-bond acceptors (Lipinski definition) is 4. The first-order valence-electron chi connectivity index (χ1n) is 7.20. The average molecular weight is 318 g/mol. The smallest absolute Gasteiger partial charge is 0.330 e. The molecule has 124 valence electrons. The van der Waals surface area contributed by atoms with E-state index in [9.17, 15) is 14.4 Å². The summed E-state index contributed by atoms with van der Waals surface area (Å²) in [7, 11) is 1.25. The summed E-state index contributed by atoms with van der Waals surface area (Å²) < 4.78 is 4.61. The van der Waals surface area contributed by atoms with Crippen molar-refractivity contribution < 1.29 is 19.1 Å². The fourth-order valence-corrected chi connectivity index (χ4v) is 1.79. The lowest BCUT2D eigenvalue weighted by Gasteiger charge is -2.25. The molecule has 1 atom stereocenters. The van der Waals surface area contributed by atoms with Crippen molar-refractivity contribution in [3.8, 4) is 0 Å². The minimum atomic E-state index is -1.16. The van der Waals surface area contributed by atoms with Gasteiger partial charge in [-0.1, -0.05) is 30.3 Å². The molecule has 0 bridgehead atoms. The molecule has 0 unspecified atom stereocenters. The van der Waals surface area contributed by atoms with E-state index in [0.29, 0.717) is 0 Å². The minimum Gasteiger partial charge on any atom is -0.467 e. The number of benzene rings is 1. The van der Waals surface area contributed by atoms with Crippen LogP contribution in [-0.4, -0.2) is 36.5 Å². The van der Waals surface area contributed by atoms with Crippen LogP contribution in [0.15, 0.2) is 36.4 Å². The molecule has 0 saturated heterocycles. The monoisotopic (exact) mass is 318 g/mol. The van der Waals surface area contributed by atoms with Crippen LogP contribution in [-0.2, 0) is 19.1 Å². The number of amides is 2. The van der Waals surface area contributed by atoms with E-state index in [1.165, 1.54) is 34.0 Å². The van der Waals surface area contributed by atoms with Crippen molar-refractivity contribution >= 4 is 23.9 Å². The molecule has 0 aliphatic heterocycles. The van der Waals surface area contributed by atoms with E-state index < -0.39 is 29.4 Å². The first-order chi connectivity index (χ1) is 10.8. The molecule has 6 heteroatoms. The highest BCUT2D eigenvalue weighted by atomic mass is 16.5. The molecular formula is C17H22N2O4. The highest BCUT2D eigenvalue weighted by molar-refractivity contribution is 5.96. The molecule has 23 heavy (non-hydrogen) atoms. The van der Waals surface area contributed by atoms with Crippen molar-refractivity contribution in [2.24, 2.45) is 0 Å². The van der Waals surface area contributed by atoms with Gasteiger partial charge in [0.1, 0.15) is 11.6 Å². The van der Waals surface area contributed by atoms with Crippen LogP contribution in [0.3, 0.4) is 0 Å². The van der Waals surface area contributed by atoms with Crippen molar-refractivity contribution in [1.29, 1.82) is 0 Å². The average Bonchev–Trinajstić information content (AvgIpc) is 2.52. The number of methoxy groups -OCH3 is 1. The number of carbonyl (C=O) groups excluding carboxylic acids is 3. The highest BCUT2D eigenvalue weighted by Gasteiger charge is 2.32. The lowest BCUT2D eigenvalue weighted by Crippen LogP contribution is -2.55. The molecule has 0 fully saturated rings. The molecule has 1 aromatic rings. The van der Waals surface area contributed by atoms with Crippen LogP contribution >= 0.6 is 0 Å². The quantitative estimate of drug-likeness (QED) is 0.611. The second-order valence-electron chi connectivity index (χ2n) is 5.58. The number of ether oxygens (including phenoxy) is 1. The van der Waals surface area contributed by atoms with E-state index in [2.05, 4.69) is 15.4 Å². The third-order valence-electron chi connectivity index (χ3n) is 3.11. The second kappa shape index (κ2) is 8.12. The van der Waals surface area contributed by atoms with E-state index in [-0.39, 0.29) is 0 Å². The normalized spacial score (nSPS) is 12.5. The Kier molecular flexibility index (Phi) is 6.50. The van der Waals surface area contributed by atoms with Gasteiger partial charge >= 0.3 is 5.97 Å². The van der Waals surface area contributed by atoms with Gasteiger partial charge in [0.15, 0.2) is 0 Å². The first-order valence-corrected chi connectivity index (χ1v) is 7.20. The molecule has 6 nitrogen and oxygen atoms in total. The summed E-state index contributed by atoms with van der Waals surface area (Å²) >= 11 is 0. The summed E-state index contributed by atoms with van der Waals surface area (Å²) in [5.41, 5.74) is -0.281. The van der Waals surface area contributed by atoms with Crippen LogP contribution in [0.5, 0.6) is 0 Å². The fraction of sp³-hybridized carbons (Fsp3) is 0.353. The van der Waals surface area contributed by atoms with Crippen LogP contribution < -0.4 is 10.6 Å². The molecule has 2 N–H and O–H groups in total. The number of rotatable bonds is 6. The van der Waals surface area contributed by atoms with Crippen molar-refractivity contribution in [3.05, 3.63) is 42.0 Å². The topological polar surface area (TPSA) is 84.5 Å². The second-order valence-corrected chi connectivity index (χ2v) is 5.58. The van der Waals surface area contributed by atoms with Gasteiger partial charge in [-0.2, -0.15) is 0 Å².